The van der Waals surface area contributed by atoms with Gasteiger partial charge in [-0.3, -0.25) is 15.1 Å². The molecule has 0 bridgehead atoms. The average molecular weight is 531 g/mol. The van der Waals surface area contributed by atoms with E-state index in [1.807, 2.05) is 0 Å². The number of carbonyl (C=O) groups excluding carboxylic acids is 1. The van der Waals surface area contributed by atoms with Gasteiger partial charge in [0.25, 0.3) is 5.91 Å². The van der Waals surface area contributed by atoms with Gasteiger partial charge in [0, 0.05) is 27.7 Å². The van der Waals surface area contributed by atoms with Crippen molar-refractivity contribution in [1.29, 1.82) is 0 Å². The van der Waals surface area contributed by atoms with Gasteiger partial charge in [-0.05, 0) is 88.0 Å². The Kier molecular flexibility index (Phi) is 9.65. The maximum absolute atomic E-state index is 14.7. The zero-order valence-corrected chi connectivity index (χ0v) is 20.9. The average Bonchev–Trinajstić information content (AvgIpc) is 3.33. The third-order valence-corrected chi connectivity index (χ3v) is 6.47. The molecule has 0 atom stereocenters. The molecule has 1 fully saturated rings. The Bertz CT molecular complexity index is 1050. The maximum Gasteiger partial charge on any atom is 0.258 e. The summed E-state index contributed by atoms with van der Waals surface area (Å²) in [6, 6.07) is 7.90. The largest absolute Gasteiger partial charge is 0.507 e. The summed E-state index contributed by atoms with van der Waals surface area (Å²) in [5, 5.41) is 13.0. The molecule has 0 saturated carbocycles. The van der Waals surface area contributed by atoms with E-state index in [0.717, 1.165) is 23.9 Å². The Hall–Kier alpha value is -2.71. The molecule has 1 aliphatic heterocycles. The van der Waals surface area contributed by atoms with E-state index in [2.05, 4.69) is 37.7 Å². The second-order valence-electron chi connectivity index (χ2n) is 8.45. The highest BCUT2D eigenvalue weighted by Gasteiger charge is 2.17. The van der Waals surface area contributed by atoms with E-state index in [-0.39, 0.29) is 29.3 Å². The minimum atomic E-state index is -0.502. The first-order chi connectivity index (χ1) is 16.4. The first-order valence-electron chi connectivity index (χ1n) is 11.6. The van der Waals surface area contributed by atoms with Gasteiger partial charge in [-0.25, -0.2) is 4.39 Å². The second-order valence-corrected chi connectivity index (χ2v) is 9.37. The zero-order chi connectivity index (χ0) is 24.5. The van der Waals surface area contributed by atoms with Gasteiger partial charge in [-0.1, -0.05) is 34.7 Å². The molecule has 3 rings (SSSR count). The van der Waals surface area contributed by atoms with Gasteiger partial charge in [-0.15, -0.1) is 0 Å². The molecule has 0 aliphatic carbocycles. The molecular formula is C26H32BrFN4O2. The summed E-state index contributed by atoms with van der Waals surface area (Å²) in [5.41, 5.74) is 7.58. The highest BCUT2D eigenvalue weighted by atomic mass is 79.9. The van der Waals surface area contributed by atoms with Crippen LogP contribution in [0.4, 0.5) is 4.39 Å². The number of aliphatic imine (C=N–C) groups is 1. The van der Waals surface area contributed by atoms with E-state index in [9.17, 15) is 14.3 Å². The molecular weight excluding hydrogens is 499 g/mol. The number of hydrogen-bond acceptors (Lipinski definition) is 4. The number of unbranched alkanes of at least 4 members (excludes halogenated alkanes) is 1. The van der Waals surface area contributed by atoms with E-state index >= 15 is 0 Å². The zero-order valence-electron chi connectivity index (χ0n) is 19.3. The molecule has 4 N–H and O–H groups in total. The monoisotopic (exact) mass is 530 g/mol. The molecule has 34 heavy (non-hydrogen) atoms. The lowest BCUT2D eigenvalue weighted by molar-refractivity contribution is 0.0975. The van der Waals surface area contributed by atoms with Crippen LogP contribution in [-0.2, 0) is 12.8 Å². The van der Waals surface area contributed by atoms with Crippen LogP contribution in [0.1, 0.15) is 52.7 Å². The van der Waals surface area contributed by atoms with Crippen molar-refractivity contribution >= 4 is 33.9 Å². The van der Waals surface area contributed by atoms with Crippen LogP contribution in [0.25, 0.3) is 6.08 Å². The van der Waals surface area contributed by atoms with Gasteiger partial charge in [0.2, 0.25) is 0 Å². The van der Waals surface area contributed by atoms with Crippen molar-refractivity contribution in [2.75, 3.05) is 26.2 Å². The summed E-state index contributed by atoms with van der Waals surface area (Å²) in [5.74, 6) is -0.857. The normalized spacial score (nSPS) is 14.4. The fraction of sp³-hybridized carbons (Fsp3) is 0.385. The second kappa shape index (κ2) is 12.7. The van der Waals surface area contributed by atoms with Gasteiger partial charge in [0.15, 0.2) is 5.96 Å². The lowest BCUT2D eigenvalue weighted by atomic mass is 9.97. The van der Waals surface area contributed by atoms with Gasteiger partial charge in [-0.2, -0.15) is 0 Å². The highest BCUT2D eigenvalue weighted by molar-refractivity contribution is 9.10. The van der Waals surface area contributed by atoms with Gasteiger partial charge >= 0.3 is 0 Å². The fourth-order valence-corrected chi connectivity index (χ4v) is 4.71. The van der Waals surface area contributed by atoms with E-state index in [4.69, 9.17) is 5.73 Å². The lowest BCUT2D eigenvalue weighted by Crippen LogP contribution is -2.37. The summed E-state index contributed by atoms with van der Waals surface area (Å²) >= 11 is 3.41. The molecule has 0 spiro atoms. The van der Waals surface area contributed by atoms with Crippen molar-refractivity contribution in [3.8, 4) is 5.75 Å². The Morgan fingerprint density at radius 1 is 1.26 bits per heavy atom. The Morgan fingerprint density at radius 3 is 2.76 bits per heavy atom. The molecule has 1 heterocycles. The molecule has 2 aromatic carbocycles. The molecule has 6 nitrogen and oxygen atoms in total. The minimum Gasteiger partial charge on any atom is -0.507 e. The minimum absolute atomic E-state index is 0.0293. The number of benzene rings is 2. The molecule has 0 unspecified atom stereocenters. The number of phenols is 1. The number of nitrogens with one attached hydrogen (secondary N) is 1. The summed E-state index contributed by atoms with van der Waals surface area (Å²) in [4.78, 5) is 19.5. The molecule has 2 aromatic rings. The van der Waals surface area contributed by atoms with Crippen LogP contribution >= 0.6 is 15.9 Å². The molecule has 1 aliphatic rings. The summed E-state index contributed by atoms with van der Waals surface area (Å²) in [7, 11) is 0. The van der Waals surface area contributed by atoms with E-state index < -0.39 is 11.7 Å². The number of rotatable bonds is 10. The number of amides is 1. The Morgan fingerprint density at radius 2 is 2.03 bits per heavy atom. The van der Waals surface area contributed by atoms with Crippen LogP contribution in [-0.4, -0.2) is 48.1 Å². The third-order valence-electron chi connectivity index (χ3n) is 6.02. The van der Waals surface area contributed by atoms with Crippen molar-refractivity contribution in [1.82, 2.24) is 10.2 Å². The topological polar surface area (TPSA) is 91.0 Å². The number of aromatic hydroxyl groups is 1. The predicted molar refractivity (Wildman–Crippen MR) is 139 cm³/mol. The molecule has 0 aromatic heterocycles. The van der Waals surface area contributed by atoms with Crippen molar-refractivity contribution in [3.05, 3.63) is 69.5 Å². The number of aryl methyl sites for hydroxylation is 1. The summed E-state index contributed by atoms with van der Waals surface area (Å²) < 4.78 is 15.4. The molecule has 0 radical (unpaired) electrons. The lowest BCUT2D eigenvalue weighted by Gasteiger charge is -2.13. The number of phenolic OH excluding ortho intramolecular Hbond substituents is 1. The number of likely N-dealkylation sites (tertiary alicyclic amines) is 1. The fourth-order valence-electron chi connectivity index (χ4n) is 4.19. The van der Waals surface area contributed by atoms with Crippen molar-refractivity contribution in [3.63, 3.8) is 0 Å². The van der Waals surface area contributed by atoms with E-state index in [0.29, 0.717) is 24.1 Å². The van der Waals surface area contributed by atoms with Crippen LogP contribution < -0.4 is 11.1 Å². The number of halogens is 2. The van der Waals surface area contributed by atoms with Crippen LogP contribution in [0, 0.1) is 5.82 Å². The first kappa shape index (κ1) is 25.9. The van der Waals surface area contributed by atoms with E-state index in [1.54, 1.807) is 24.3 Å². The Balaban J connectivity index is 1.60. The summed E-state index contributed by atoms with van der Waals surface area (Å²) in [6.07, 6.45) is 6.60. The number of hydrogen-bond donors (Lipinski definition) is 3. The highest BCUT2D eigenvalue weighted by Crippen LogP contribution is 2.30. The number of guanidine groups is 1. The maximum atomic E-state index is 14.7. The van der Waals surface area contributed by atoms with Gasteiger partial charge < -0.3 is 15.7 Å². The van der Waals surface area contributed by atoms with Gasteiger partial charge in [0.05, 0.1) is 0 Å². The van der Waals surface area contributed by atoms with Crippen LogP contribution in [0.15, 0.2) is 46.4 Å². The SMILES string of the molecule is C=Cc1cc(Br)cc(CCc2c(F)cccc2C(=O)NC(N)=NCCCCN2CCCC2)c1O. The third kappa shape index (κ3) is 7.14. The van der Waals surface area contributed by atoms with Crippen molar-refractivity contribution < 1.29 is 14.3 Å². The van der Waals surface area contributed by atoms with Gasteiger partial charge in [0.1, 0.15) is 11.6 Å². The van der Waals surface area contributed by atoms with Crippen LogP contribution in [0.3, 0.4) is 0 Å². The van der Waals surface area contributed by atoms with Crippen molar-refractivity contribution in [2.24, 2.45) is 10.7 Å². The van der Waals surface area contributed by atoms with Crippen LogP contribution in [0.5, 0.6) is 5.75 Å². The smallest absolute Gasteiger partial charge is 0.258 e. The number of nitrogens with two attached hydrogens (primary N) is 1. The number of carbonyl (C=O) groups is 1. The molecule has 8 heteroatoms. The Labute approximate surface area is 208 Å². The first-order valence-corrected chi connectivity index (χ1v) is 12.4. The van der Waals surface area contributed by atoms with Crippen molar-refractivity contribution in [2.45, 2.75) is 38.5 Å². The standard InChI is InChI=1S/C26H32BrFN4O2/c1-2-18-16-20(27)17-19(24(18)33)10-11-21-22(8-7-9-23(21)28)25(34)31-26(29)30-12-3-4-13-32-14-5-6-15-32/h2,7-9,16-17,33H,1,3-6,10-15H2,(H3,29,30,31,34). The predicted octanol–water partition coefficient (Wildman–Crippen LogP) is 4.64. The molecule has 1 amide bonds. The quantitative estimate of drug-likeness (QED) is 0.237. The van der Waals surface area contributed by atoms with E-state index in [1.165, 1.54) is 38.1 Å². The summed E-state index contributed by atoms with van der Waals surface area (Å²) in [6.45, 7) is 7.65. The van der Waals surface area contributed by atoms with Crippen LogP contribution in [0.2, 0.25) is 0 Å². The molecule has 182 valence electrons. The number of nitrogens with zero attached hydrogens (tertiary/aromatic N) is 2. The molecule has 1 saturated heterocycles.